The van der Waals surface area contributed by atoms with E-state index in [2.05, 4.69) is 20.7 Å². The minimum atomic E-state index is 0.119. The van der Waals surface area contributed by atoms with Crippen LogP contribution in [-0.2, 0) is 11.3 Å². The van der Waals surface area contributed by atoms with Crippen LogP contribution in [0, 0.1) is 0 Å². The smallest absolute Gasteiger partial charge is 0.143 e. The molecule has 0 atom stereocenters. The van der Waals surface area contributed by atoms with Gasteiger partial charge in [-0.05, 0) is 6.92 Å². The third-order valence-electron chi connectivity index (χ3n) is 1.15. The number of hydrogen-bond acceptors (Lipinski definition) is 4. The van der Waals surface area contributed by atoms with Crippen molar-refractivity contribution >= 4 is 5.78 Å². The number of Topliss-reactive ketones (excluding diaryl/α,β-unsaturated/α-hetero) is 1. The maximum atomic E-state index is 10.5. The van der Waals surface area contributed by atoms with E-state index in [0.717, 1.165) is 5.69 Å². The Hall–Kier alpha value is -1.23. The normalized spacial score (nSPS) is 9.91. The second-order valence-corrected chi connectivity index (χ2v) is 2.27. The molecule has 0 radical (unpaired) electrons. The fourth-order valence-electron chi connectivity index (χ4n) is 0.678. The molecule has 0 saturated carbocycles. The summed E-state index contributed by atoms with van der Waals surface area (Å²) < 4.78 is 0. The number of H-pyrrole nitrogens is 1. The van der Waals surface area contributed by atoms with Gasteiger partial charge in [0, 0.05) is 12.7 Å². The molecule has 5 heteroatoms. The predicted molar refractivity (Wildman–Crippen MR) is 38.8 cm³/mol. The highest BCUT2D eigenvalue weighted by Gasteiger charge is 1.95. The van der Waals surface area contributed by atoms with E-state index in [0.29, 0.717) is 13.1 Å². The van der Waals surface area contributed by atoms with Crippen molar-refractivity contribution < 1.29 is 4.79 Å². The molecule has 60 valence electrons. The Bertz CT molecular complexity index is 218. The van der Waals surface area contributed by atoms with Gasteiger partial charge in [-0.1, -0.05) is 5.21 Å². The van der Waals surface area contributed by atoms with Crippen LogP contribution in [0.25, 0.3) is 0 Å². The quantitative estimate of drug-likeness (QED) is 0.612. The molecule has 0 spiro atoms. The van der Waals surface area contributed by atoms with Crippen LogP contribution in [0.1, 0.15) is 12.6 Å². The van der Waals surface area contributed by atoms with Crippen LogP contribution in [0.15, 0.2) is 6.20 Å². The van der Waals surface area contributed by atoms with Crippen LogP contribution in [0.2, 0.25) is 0 Å². The predicted octanol–water partition coefficient (Wildman–Crippen LogP) is -0.517. The van der Waals surface area contributed by atoms with Gasteiger partial charge in [0.15, 0.2) is 0 Å². The molecule has 1 aromatic heterocycles. The van der Waals surface area contributed by atoms with E-state index < -0.39 is 0 Å². The van der Waals surface area contributed by atoms with Crippen LogP contribution in [0.3, 0.4) is 0 Å². The Labute approximate surface area is 64.2 Å². The Morgan fingerprint density at radius 1 is 1.82 bits per heavy atom. The number of ketones is 1. The lowest BCUT2D eigenvalue weighted by atomic mass is 10.4. The Morgan fingerprint density at radius 2 is 2.64 bits per heavy atom. The van der Waals surface area contributed by atoms with E-state index in [1.54, 1.807) is 6.20 Å². The molecule has 0 aliphatic rings. The summed E-state index contributed by atoms with van der Waals surface area (Å²) >= 11 is 0. The molecular formula is C6H10N4O. The highest BCUT2D eigenvalue weighted by Crippen LogP contribution is 1.85. The van der Waals surface area contributed by atoms with Gasteiger partial charge in [-0.3, -0.25) is 9.89 Å². The van der Waals surface area contributed by atoms with E-state index in [1.807, 2.05) is 0 Å². The zero-order valence-electron chi connectivity index (χ0n) is 6.29. The van der Waals surface area contributed by atoms with Crippen molar-refractivity contribution in [2.24, 2.45) is 0 Å². The van der Waals surface area contributed by atoms with Gasteiger partial charge in [0.1, 0.15) is 5.78 Å². The molecule has 0 amide bonds. The molecule has 0 aliphatic carbocycles. The van der Waals surface area contributed by atoms with Crippen molar-refractivity contribution in [1.82, 2.24) is 20.7 Å². The molecule has 0 aromatic carbocycles. The lowest BCUT2D eigenvalue weighted by Gasteiger charge is -1.95. The maximum Gasteiger partial charge on any atom is 0.143 e. The molecule has 0 fully saturated rings. The van der Waals surface area contributed by atoms with Crippen molar-refractivity contribution in [3.05, 3.63) is 11.9 Å². The summed E-state index contributed by atoms with van der Waals surface area (Å²) in [5.74, 6) is 0.119. The number of aromatic nitrogens is 3. The first-order chi connectivity index (χ1) is 5.29. The van der Waals surface area contributed by atoms with Gasteiger partial charge in [-0.2, -0.15) is 0 Å². The average molecular weight is 154 g/mol. The first-order valence-corrected chi connectivity index (χ1v) is 3.34. The number of nitrogens with zero attached hydrogens (tertiary/aromatic N) is 2. The first kappa shape index (κ1) is 7.87. The monoisotopic (exact) mass is 154 g/mol. The van der Waals surface area contributed by atoms with Gasteiger partial charge in [-0.25, -0.2) is 0 Å². The summed E-state index contributed by atoms with van der Waals surface area (Å²) in [6.07, 6.45) is 1.69. The third kappa shape index (κ3) is 2.90. The van der Waals surface area contributed by atoms with Crippen LogP contribution in [0.4, 0.5) is 0 Å². The maximum absolute atomic E-state index is 10.5. The number of carbonyl (C=O) groups is 1. The molecule has 0 bridgehead atoms. The lowest BCUT2D eigenvalue weighted by Crippen LogP contribution is -2.20. The Morgan fingerprint density at radius 3 is 3.18 bits per heavy atom. The van der Waals surface area contributed by atoms with Crippen molar-refractivity contribution in [2.45, 2.75) is 13.5 Å². The van der Waals surface area contributed by atoms with Gasteiger partial charge in [-0.15, -0.1) is 5.10 Å². The number of hydrogen-bond donors (Lipinski definition) is 2. The van der Waals surface area contributed by atoms with E-state index >= 15 is 0 Å². The summed E-state index contributed by atoms with van der Waals surface area (Å²) in [7, 11) is 0. The minimum Gasteiger partial charge on any atom is -0.304 e. The molecule has 1 rings (SSSR count). The van der Waals surface area contributed by atoms with E-state index in [9.17, 15) is 4.79 Å². The Balaban J connectivity index is 2.19. The number of rotatable bonds is 4. The van der Waals surface area contributed by atoms with Crippen LogP contribution < -0.4 is 5.32 Å². The average Bonchev–Trinajstić information content (AvgIpc) is 2.39. The second kappa shape index (κ2) is 3.82. The number of nitrogens with one attached hydrogen (secondary N) is 2. The standard InChI is InChI=1S/C6H10N4O/c1-5(11)2-7-3-6-4-8-10-9-6/h4,7H,2-3H2,1H3,(H,8,9,10). The van der Waals surface area contributed by atoms with Crippen LogP contribution >= 0.6 is 0 Å². The van der Waals surface area contributed by atoms with Gasteiger partial charge in [0.2, 0.25) is 0 Å². The van der Waals surface area contributed by atoms with Gasteiger partial charge in [0.25, 0.3) is 0 Å². The molecule has 2 N–H and O–H groups in total. The Kier molecular flexibility index (Phi) is 2.74. The fraction of sp³-hybridized carbons (Fsp3) is 0.500. The number of aromatic amines is 1. The van der Waals surface area contributed by atoms with Gasteiger partial charge in [0.05, 0.1) is 12.2 Å². The fourth-order valence-corrected chi connectivity index (χ4v) is 0.678. The molecule has 0 aliphatic heterocycles. The largest absolute Gasteiger partial charge is 0.304 e. The summed E-state index contributed by atoms with van der Waals surface area (Å²) in [5.41, 5.74) is 0.811. The first-order valence-electron chi connectivity index (χ1n) is 3.34. The molecule has 1 aromatic rings. The van der Waals surface area contributed by atoms with Crippen molar-refractivity contribution in [3.63, 3.8) is 0 Å². The van der Waals surface area contributed by atoms with Crippen LogP contribution in [-0.4, -0.2) is 27.7 Å². The molecule has 0 saturated heterocycles. The lowest BCUT2D eigenvalue weighted by molar-refractivity contribution is -0.116. The summed E-state index contributed by atoms with van der Waals surface area (Å²) in [6.45, 7) is 2.50. The molecule has 11 heavy (non-hydrogen) atoms. The van der Waals surface area contributed by atoms with Crippen LogP contribution in [0.5, 0.6) is 0 Å². The third-order valence-corrected chi connectivity index (χ3v) is 1.15. The summed E-state index contributed by atoms with van der Waals surface area (Å²) in [6, 6.07) is 0. The molecular weight excluding hydrogens is 144 g/mol. The van der Waals surface area contributed by atoms with E-state index in [4.69, 9.17) is 0 Å². The zero-order valence-corrected chi connectivity index (χ0v) is 6.29. The molecule has 0 unspecified atom stereocenters. The second-order valence-electron chi connectivity index (χ2n) is 2.27. The van der Waals surface area contributed by atoms with E-state index in [1.165, 1.54) is 6.92 Å². The van der Waals surface area contributed by atoms with Gasteiger partial charge >= 0.3 is 0 Å². The topological polar surface area (TPSA) is 70.7 Å². The zero-order chi connectivity index (χ0) is 8.10. The molecule has 1 heterocycles. The molecule has 5 nitrogen and oxygen atoms in total. The highest BCUT2D eigenvalue weighted by atomic mass is 16.1. The van der Waals surface area contributed by atoms with Crippen molar-refractivity contribution in [1.29, 1.82) is 0 Å². The van der Waals surface area contributed by atoms with Crippen molar-refractivity contribution in [3.8, 4) is 0 Å². The van der Waals surface area contributed by atoms with Crippen molar-refractivity contribution in [2.75, 3.05) is 6.54 Å². The summed E-state index contributed by atoms with van der Waals surface area (Å²) in [4.78, 5) is 10.5. The SMILES string of the molecule is CC(=O)CNCc1c[nH]nn1. The summed E-state index contributed by atoms with van der Waals surface area (Å²) in [5, 5.41) is 12.8. The van der Waals surface area contributed by atoms with Gasteiger partial charge < -0.3 is 5.32 Å². The minimum absolute atomic E-state index is 0.119. The number of carbonyl (C=O) groups excluding carboxylic acids is 1. The van der Waals surface area contributed by atoms with E-state index in [-0.39, 0.29) is 5.78 Å². The highest BCUT2D eigenvalue weighted by molar-refractivity contribution is 5.77.